The molecule has 1 amide bonds. The molecule has 162 valence electrons. The van der Waals surface area contributed by atoms with Crippen LogP contribution in [0.5, 0.6) is 17.2 Å². The van der Waals surface area contributed by atoms with Gasteiger partial charge in [0.2, 0.25) is 0 Å². The Morgan fingerprint density at radius 1 is 0.933 bits per heavy atom. The molecule has 1 aliphatic rings. The molecule has 2 aromatic carbocycles. The molecule has 0 saturated carbocycles. The quantitative estimate of drug-likeness (QED) is 0.608. The first-order valence-corrected chi connectivity index (χ1v) is 11.1. The van der Waals surface area contributed by atoms with E-state index in [1.165, 1.54) is 24.0 Å². The second kappa shape index (κ2) is 10.9. The normalized spacial score (nSPS) is 13.8. The highest BCUT2D eigenvalue weighted by molar-refractivity contribution is 5.81. The lowest BCUT2D eigenvalue weighted by Crippen LogP contribution is -2.37. The second-order valence-electron chi connectivity index (χ2n) is 7.52. The lowest BCUT2D eigenvalue weighted by Gasteiger charge is -2.20. The van der Waals surface area contributed by atoms with Crippen LogP contribution in [0.15, 0.2) is 36.4 Å². The molecule has 0 spiro atoms. The van der Waals surface area contributed by atoms with E-state index in [2.05, 4.69) is 17.4 Å². The molecule has 0 fully saturated rings. The van der Waals surface area contributed by atoms with E-state index >= 15 is 0 Å². The smallest absolute Gasteiger partial charge is 0.261 e. The van der Waals surface area contributed by atoms with Crippen molar-refractivity contribution in [3.8, 4) is 17.2 Å². The first kappa shape index (κ1) is 22.0. The molecule has 0 bridgehead atoms. The van der Waals surface area contributed by atoms with E-state index in [1.54, 1.807) is 0 Å². The Labute approximate surface area is 179 Å². The summed E-state index contributed by atoms with van der Waals surface area (Å²) in [5, 5.41) is 2.99. The van der Waals surface area contributed by atoms with Crippen LogP contribution in [0.4, 0.5) is 0 Å². The van der Waals surface area contributed by atoms with Crippen LogP contribution in [0.1, 0.15) is 56.7 Å². The van der Waals surface area contributed by atoms with Gasteiger partial charge in [-0.25, -0.2) is 0 Å². The predicted molar refractivity (Wildman–Crippen MR) is 118 cm³/mol. The van der Waals surface area contributed by atoms with Crippen LogP contribution in [0.25, 0.3) is 0 Å². The second-order valence-corrected chi connectivity index (χ2v) is 7.52. The van der Waals surface area contributed by atoms with E-state index in [-0.39, 0.29) is 5.91 Å². The number of carbonyl (C=O) groups is 1. The summed E-state index contributed by atoms with van der Waals surface area (Å²) in [7, 11) is 0. The molecule has 1 aliphatic carbocycles. The molecule has 3 rings (SSSR count). The van der Waals surface area contributed by atoms with Gasteiger partial charge in [0.25, 0.3) is 5.91 Å². The van der Waals surface area contributed by atoms with Crippen molar-refractivity contribution in [1.82, 2.24) is 5.32 Å². The monoisotopic (exact) mass is 411 g/mol. The zero-order valence-electron chi connectivity index (χ0n) is 18.3. The van der Waals surface area contributed by atoms with Gasteiger partial charge < -0.3 is 19.5 Å². The predicted octanol–water partition coefficient (Wildman–Crippen LogP) is 4.84. The van der Waals surface area contributed by atoms with Crippen LogP contribution in [0, 0.1) is 0 Å². The van der Waals surface area contributed by atoms with Crippen LogP contribution in [0.3, 0.4) is 0 Å². The third-order valence-corrected chi connectivity index (χ3v) is 5.34. The number of nitrogens with one attached hydrogen (secondary N) is 1. The van der Waals surface area contributed by atoms with E-state index in [1.807, 2.05) is 45.0 Å². The minimum Gasteiger partial charge on any atom is -0.490 e. The molecule has 1 atom stereocenters. The Hall–Kier alpha value is -2.69. The summed E-state index contributed by atoms with van der Waals surface area (Å²) in [5.41, 5.74) is 3.72. The molecule has 0 radical (unpaired) electrons. The molecule has 0 heterocycles. The summed E-state index contributed by atoms with van der Waals surface area (Å²) >= 11 is 0. The third-order valence-electron chi connectivity index (χ3n) is 5.34. The van der Waals surface area contributed by atoms with Crippen LogP contribution < -0.4 is 19.5 Å². The van der Waals surface area contributed by atoms with Gasteiger partial charge in [-0.1, -0.05) is 19.1 Å². The number of hydrogen-bond donors (Lipinski definition) is 1. The number of fused-ring (bicyclic) bond motifs is 1. The molecule has 0 unspecified atom stereocenters. The van der Waals surface area contributed by atoms with Gasteiger partial charge in [-0.05, 0) is 86.9 Å². The first-order chi connectivity index (χ1) is 14.6. The zero-order chi connectivity index (χ0) is 21.3. The maximum atomic E-state index is 12.7. The number of benzene rings is 2. The van der Waals surface area contributed by atoms with Crippen molar-refractivity contribution in [3.63, 3.8) is 0 Å². The summed E-state index contributed by atoms with van der Waals surface area (Å²) in [5.74, 6) is 2.08. The number of aryl methyl sites for hydroxylation is 2. The summed E-state index contributed by atoms with van der Waals surface area (Å²) < 4.78 is 17.3. The van der Waals surface area contributed by atoms with Gasteiger partial charge in [-0.2, -0.15) is 0 Å². The van der Waals surface area contributed by atoms with Gasteiger partial charge in [0.15, 0.2) is 17.6 Å². The highest BCUT2D eigenvalue weighted by atomic mass is 16.5. The summed E-state index contributed by atoms with van der Waals surface area (Å²) in [6.45, 7) is 7.39. The van der Waals surface area contributed by atoms with Crippen molar-refractivity contribution in [2.75, 3.05) is 13.2 Å². The number of amides is 1. The summed E-state index contributed by atoms with van der Waals surface area (Å²) in [6.07, 6.45) is 4.80. The van der Waals surface area contributed by atoms with Crippen molar-refractivity contribution in [2.45, 2.75) is 65.5 Å². The largest absolute Gasteiger partial charge is 0.490 e. The Morgan fingerprint density at radius 2 is 1.67 bits per heavy atom. The number of ether oxygens (including phenoxy) is 3. The van der Waals surface area contributed by atoms with Crippen LogP contribution in [-0.2, 0) is 24.2 Å². The topological polar surface area (TPSA) is 56.8 Å². The summed E-state index contributed by atoms with van der Waals surface area (Å²) in [6, 6.07) is 12.0. The maximum absolute atomic E-state index is 12.7. The van der Waals surface area contributed by atoms with Gasteiger partial charge in [-0.15, -0.1) is 0 Å². The van der Waals surface area contributed by atoms with Gasteiger partial charge in [-0.3, -0.25) is 4.79 Å². The minimum absolute atomic E-state index is 0.109. The van der Waals surface area contributed by atoms with E-state index in [0.29, 0.717) is 31.9 Å². The van der Waals surface area contributed by atoms with Crippen LogP contribution >= 0.6 is 0 Å². The lowest BCUT2D eigenvalue weighted by molar-refractivity contribution is -0.128. The van der Waals surface area contributed by atoms with Gasteiger partial charge in [0.05, 0.1) is 13.2 Å². The van der Waals surface area contributed by atoms with Crippen LogP contribution in [0.2, 0.25) is 0 Å². The van der Waals surface area contributed by atoms with Crippen LogP contribution in [-0.4, -0.2) is 25.2 Å². The molecule has 5 heteroatoms. The molecule has 0 saturated heterocycles. The van der Waals surface area contributed by atoms with E-state index in [9.17, 15) is 4.79 Å². The fourth-order valence-electron chi connectivity index (χ4n) is 3.78. The Bertz CT molecular complexity index is 849. The Kier molecular flexibility index (Phi) is 8.00. The Morgan fingerprint density at radius 3 is 2.40 bits per heavy atom. The molecular formula is C25H33NO4. The molecular weight excluding hydrogens is 378 g/mol. The average Bonchev–Trinajstić information content (AvgIpc) is 2.77. The van der Waals surface area contributed by atoms with Crippen molar-refractivity contribution in [3.05, 3.63) is 53.1 Å². The first-order valence-electron chi connectivity index (χ1n) is 11.1. The van der Waals surface area contributed by atoms with Gasteiger partial charge >= 0.3 is 0 Å². The molecule has 1 N–H and O–H groups in total. The molecule has 0 aromatic heterocycles. The highest BCUT2D eigenvalue weighted by Gasteiger charge is 2.19. The highest BCUT2D eigenvalue weighted by Crippen LogP contribution is 2.29. The van der Waals surface area contributed by atoms with E-state index in [0.717, 1.165) is 29.9 Å². The lowest BCUT2D eigenvalue weighted by atomic mass is 9.92. The fourth-order valence-corrected chi connectivity index (χ4v) is 3.78. The standard InChI is InChI=1S/C25H33NO4/c1-4-22(30-21-13-12-19-9-7-8-10-20(19)16-21)25(27)26-17-18-11-14-23(28-5-2)24(15-18)29-6-3/h11-16,22H,4-10,17H2,1-3H3,(H,26,27)/t22-/m1/s1. The molecule has 2 aromatic rings. The third kappa shape index (κ3) is 5.68. The number of carbonyl (C=O) groups excluding carboxylic acids is 1. The van der Waals surface area contributed by atoms with Crippen molar-refractivity contribution in [2.24, 2.45) is 0 Å². The Balaban J connectivity index is 1.60. The summed E-state index contributed by atoms with van der Waals surface area (Å²) in [4.78, 5) is 12.7. The van der Waals surface area contributed by atoms with E-state index < -0.39 is 6.10 Å². The number of hydrogen-bond acceptors (Lipinski definition) is 4. The van der Waals surface area contributed by atoms with Crippen molar-refractivity contribution >= 4 is 5.91 Å². The minimum atomic E-state index is -0.513. The van der Waals surface area contributed by atoms with Gasteiger partial charge in [0.1, 0.15) is 5.75 Å². The van der Waals surface area contributed by atoms with Crippen molar-refractivity contribution < 1.29 is 19.0 Å². The average molecular weight is 412 g/mol. The van der Waals surface area contributed by atoms with Crippen molar-refractivity contribution in [1.29, 1.82) is 0 Å². The molecule has 30 heavy (non-hydrogen) atoms. The maximum Gasteiger partial charge on any atom is 0.261 e. The fraction of sp³-hybridized carbons (Fsp3) is 0.480. The number of rotatable bonds is 10. The van der Waals surface area contributed by atoms with E-state index in [4.69, 9.17) is 14.2 Å². The van der Waals surface area contributed by atoms with Gasteiger partial charge in [0, 0.05) is 6.54 Å². The SMILES string of the molecule is CCOc1ccc(CNC(=O)[C@@H](CC)Oc2ccc3c(c2)CCCC3)cc1OCC. The molecule has 0 aliphatic heterocycles. The zero-order valence-corrected chi connectivity index (χ0v) is 18.3. The molecule has 5 nitrogen and oxygen atoms in total.